The van der Waals surface area contributed by atoms with E-state index in [1.54, 1.807) is 0 Å². The summed E-state index contributed by atoms with van der Waals surface area (Å²) in [6.07, 6.45) is -3.41. The Morgan fingerprint density at radius 2 is 1.85 bits per heavy atom. The summed E-state index contributed by atoms with van der Waals surface area (Å²) in [5.74, 6) is 0.455. The van der Waals surface area contributed by atoms with Crippen LogP contribution in [0.4, 0.5) is 13.2 Å². The van der Waals surface area contributed by atoms with Gasteiger partial charge < -0.3 is 20.3 Å². The smallest absolute Gasteiger partial charge is 0.389 e. The largest absolute Gasteiger partial charge is 0.415 e. The molecule has 1 rings (SSSR count). The van der Waals surface area contributed by atoms with Gasteiger partial charge in [0.05, 0.1) is 18.8 Å². The number of halogens is 3. The lowest BCUT2D eigenvalue weighted by Crippen LogP contribution is -2.42. The number of alkyl halides is 3. The standard InChI is InChI=1S/C13H24F3NO3/c1-9-4-2-3-5-11(9)20-8-10(18)6-17-7-12(19)13(14,15)16/h9-12,17-19H,2-8H2,1H3. The van der Waals surface area contributed by atoms with Gasteiger partial charge in [-0.25, -0.2) is 0 Å². The minimum Gasteiger partial charge on any atom is -0.389 e. The van der Waals surface area contributed by atoms with Crippen LogP contribution < -0.4 is 5.32 Å². The molecule has 0 radical (unpaired) electrons. The first-order chi connectivity index (χ1) is 9.30. The fourth-order valence-corrected chi connectivity index (χ4v) is 2.33. The highest BCUT2D eigenvalue weighted by Crippen LogP contribution is 2.26. The molecule has 1 saturated carbocycles. The van der Waals surface area contributed by atoms with Crippen molar-refractivity contribution < 1.29 is 28.1 Å². The van der Waals surface area contributed by atoms with Crippen molar-refractivity contribution in [3.8, 4) is 0 Å². The van der Waals surface area contributed by atoms with Crippen LogP contribution in [0.25, 0.3) is 0 Å². The van der Waals surface area contributed by atoms with E-state index in [0.29, 0.717) is 5.92 Å². The van der Waals surface area contributed by atoms with Crippen LogP contribution in [0.1, 0.15) is 32.6 Å². The Morgan fingerprint density at radius 3 is 2.45 bits per heavy atom. The van der Waals surface area contributed by atoms with E-state index in [2.05, 4.69) is 12.2 Å². The van der Waals surface area contributed by atoms with Crippen molar-refractivity contribution in [2.75, 3.05) is 19.7 Å². The summed E-state index contributed by atoms with van der Waals surface area (Å²) in [6.45, 7) is 1.55. The first-order valence-electron chi connectivity index (χ1n) is 7.06. The monoisotopic (exact) mass is 299 g/mol. The SMILES string of the molecule is CC1CCCCC1OCC(O)CNCC(O)C(F)(F)F. The second-order valence-electron chi connectivity index (χ2n) is 5.50. The zero-order valence-corrected chi connectivity index (χ0v) is 11.7. The van der Waals surface area contributed by atoms with Gasteiger partial charge in [-0.3, -0.25) is 0 Å². The minimum atomic E-state index is -4.63. The van der Waals surface area contributed by atoms with Crippen LogP contribution in [0, 0.1) is 5.92 Å². The Morgan fingerprint density at radius 1 is 1.20 bits per heavy atom. The summed E-state index contributed by atoms with van der Waals surface area (Å²) < 4.78 is 41.7. The third-order valence-corrected chi connectivity index (χ3v) is 3.63. The molecule has 0 saturated heterocycles. The Balaban J connectivity index is 2.12. The molecule has 0 aromatic carbocycles. The second-order valence-corrected chi connectivity index (χ2v) is 5.50. The first-order valence-corrected chi connectivity index (χ1v) is 7.06. The van der Waals surface area contributed by atoms with E-state index >= 15 is 0 Å². The summed E-state index contributed by atoms with van der Waals surface area (Å²) in [4.78, 5) is 0. The van der Waals surface area contributed by atoms with Crippen LogP contribution in [0.5, 0.6) is 0 Å². The first kappa shape index (κ1) is 17.7. The van der Waals surface area contributed by atoms with E-state index < -0.39 is 24.9 Å². The highest BCUT2D eigenvalue weighted by molar-refractivity contribution is 4.74. The van der Waals surface area contributed by atoms with Gasteiger partial charge >= 0.3 is 6.18 Å². The highest BCUT2D eigenvalue weighted by atomic mass is 19.4. The highest BCUT2D eigenvalue weighted by Gasteiger charge is 2.37. The lowest BCUT2D eigenvalue weighted by Gasteiger charge is -2.29. The predicted molar refractivity (Wildman–Crippen MR) is 68.3 cm³/mol. The van der Waals surface area contributed by atoms with Gasteiger partial charge in [0.1, 0.15) is 0 Å². The molecular formula is C13H24F3NO3. The molecule has 0 aromatic heterocycles. The Labute approximate surface area is 117 Å². The second kappa shape index (κ2) is 8.17. The van der Waals surface area contributed by atoms with Crippen molar-refractivity contribution in [2.45, 2.75) is 57.1 Å². The van der Waals surface area contributed by atoms with E-state index in [1.165, 1.54) is 6.42 Å². The van der Waals surface area contributed by atoms with Gasteiger partial charge in [0.25, 0.3) is 0 Å². The molecule has 1 aliphatic carbocycles. The van der Waals surface area contributed by atoms with Crippen LogP contribution in [-0.4, -0.2) is 54.4 Å². The minimum absolute atomic E-state index is 0.0335. The third-order valence-electron chi connectivity index (χ3n) is 3.63. The number of nitrogens with one attached hydrogen (secondary N) is 1. The summed E-state index contributed by atoms with van der Waals surface area (Å²) in [6, 6.07) is 0. The van der Waals surface area contributed by atoms with Gasteiger partial charge in [-0.2, -0.15) is 13.2 Å². The molecule has 7 heteroatoms. The lowest BCUT2D eigenvalue weighted by molar-refractivity contribution is -0.202. The molecule has 4 nitrogen and oxygen atoms in total. The average molecular weight is 299 g/mol. The number of ether oxygens (including phenoxy) is 1. The van der Waals surface area contributed by atoms with Gasteiger partial charge in [-0.05, 0) is 18.8 Å². The van der Waals surface area contributed by atoms with Crippen molar-refractivity contribution in [1.82, 2.24) is 5.32 Å². The summed E-state index contributed by atoms with van der Waals surface area (Å²) in [7, 11) is 0. The van der Waals surface area contributed by atoms with Crippen molar-refractivity contribution >= 4 is 0 Å². The van der Waals surface area contributed by atoms with E-state index in [0.717, 1.165) is 19.3 Å². The number of aliphatic hydroxyl groups excluding tert-OH is 2. The number of hydrogen-bond donors (Lipinski definition) is 3. The number of rotatable bonds is 7. The zero-order valence-electron chi connectivity index (χ0n) is 11.7. The van der Waals surface area contributed by atoms with Crippen LogP contribution in [-0.2, 0) is 4.74 Å². The van der Waals surface area contributed by atoms with Crippen LogP contribution >= 0.6 is 0 Å². The molecule has 0 spiro atoms. The molecule has 0 aromatic rings. The maximum Gasteiger partial charge on any atom is 0.415 e. The third kappa shape index (κ3) is 6.39. The molecule has 1 fully saturated rings. The fraction of sp³-hybridized carbons (Fsp3) is 1.00. The van der Waals surface area contributed by atoms with E-state index in [1.807, 2.05) is 0 Å². The van der Waals surface area contributed by atoms with E-state index in [9.17, 15) is 18.3 Å². The molecule has 0 bridgehead atoms. The van der Waals surface area contributed by atoms with Crippen molar-refractivity contribution in [2.24, 2.45) is 5.92 Å². The molecular weight excluding hydrogens is 275 g/mol. The van der Waals surface area contributed by atoms with Gasteiger partial charge in [-0.1, -0.05) is 19.8 Å². The maximum absolute atomic E-state index is 12.0. The maximum atomic E-state index is 12.0. The van der Waals surface area contributed by atoms with Crippen LogP contribution in [0.3, 0.4) is 0 Å². The normalized spacial score (nSPS) is 27.3. The molecule has 4 unspecified atom stereocenters. The topological polar surface area (TPSA) is 61.7 Å². The number of hydrogen-bond acceptors (Lipinski definition) is 4. The quantitative estimate of drug-likeness (QED) is 0.666. The molecule has 1 aliphatic rings. The van der Waals surface area contributed by atoms with Gasteiger partial charge in [0, 0.05) is 13.1 Å². The molecule has 0 aliphatic heterocycles. The summed E-state index contributed by atoms with van der Waals surface area (Å²) >= 11 is 0. The molecule has 20 heavy (non-hydrogen) atoms. The Hall–Kier alpha value is -0.370. The lowest BCUT2D eigenvalue weighted by atomic mass is 9.88. The van der Waals surface area contributed by atoms with Crippen LogP contribution in [0.2, 0.25) is 0 Å². The van der Waals surface area contributed by atoms with Gasteiger partial charge in [0.15, 0.2) is 6.10 Å². The van der Waals surface area contributed by atoms with Crippen LogP contribution in [0.15, 0.2) is 0 Å². The zero-order chi connectivity index (χ0) is 15.2. The average Bonchev–Trinajstić information content (AvgIpc) is 2.36. The predicted octanol–water partition coefficient (Wildman–Crippen LogP) is 1.46. The van der Waals surface area contributed by atoms with Gasteiger partial charge in [0.2, 0.25) is 0 Å². The van der Waals surface area contributed by atoms with Gasteiger partial charge in [-0.15, -0.1) is 0 Å². The van der Waals surface area contributed by atoms with E-state index in [4.69, 9.17) is 9.84 Å². The Bertz CT molecular complexity index is 276. The number of aliphatic hydroxyl groups is 2. The van der Waals surface area contributed by atoms with Crippen molar-refractivity contribution in [1.29, 1.82) is 0 Å². The Kier molecular flexibility index (Phi) is 7.22. The molecule has 0 amide bonds. The fourth-order valence-electron chi connectivity index (χ4n) is 2.33. The molecule has 0 heterocycles. The summed E-state index contributed by atoms with van der Waals surface area (Å²) in [5.41, 5.74) is 0. The summed E-state index contributed by atoms with van der Waals surface area (Å²) in [5, 5.41) is 20.8. The van der Waals surface area contributed by atoms with Crippen molar-refractivity contribution in [3.05, 3.63) is 0 Å². The van der Waals surface area contributed by atoms with E-state index in [-0.39, 0.29) is 19.3 Å². The molecule has 3 N–H and O–H groups in total. The van der Waals surface area contributed by atoms with Crippen molar-refractivity contribution in [3.63, 3.8) is 0 Å². The molecule has 4 atom stereocenters. The molecule has 120 valence electrons.